The fourth-order valence-electron chi connectivity index (χ4n) is 9.23. The molecule has 1 N–H and O–H groups in total. The minimum absolute atomic E-state index is 0.0445. The summed E-state index contributed by atoms with van der Waals surface area (Å²) in [6, 6.07) is 0. The minimum Gasteiger partial charge on any atom is -0.393 e. The van der Waals surface area contributed by atoms with Gasteiger partial charge in [0.25, 0.3) is 0 Å². The molecule has 4 saturated carbocycles. The van der Waals surface area contributed by atoms with Crippen LogP contribution in [0, 0.1) is 52.3 Å². The molecule has 4 fully saturated rings. The lowest BCUT2D eigenvalue weighted by atomic mass is 9.44. The van der Waals surface area contributed by atoms with Crippen molar-refractivity contribution in [3.63, 3.8) is 0 Å². The second kappa shape index (κ2) is 7.50. The van der Waals surface area contributed by atoms with E-state index in [1.807, 2.05) is 0 Å². The van der Waals surface area contributed by atoms with E-state index in [1.165, 1.54) is 19.3 Å². The Labute approximate surface area is 187 Å². The van der Waals surface area contributed by atoms with Crippen molar-refractivity contribution in [2.75, 3.05) is 6.54 Å². The number of hydrogen-bond donors (Lipinski definition) is 1. The highest BCUT2D eigenvalue weighted by Gasteiger charge is 2.62. The number of hydrogen-bond acceptors (Lipinski definition) is 4. The largest absolute Gasteiger partial charge is 0.393 e. The Morgan fingerprint density at radius 3 is 2.48 bits per heavy atom. The summed E-state index contributed by atoms with van der Waals surface area (Å²) in [4.78, 5) is 31.1. The zero-order valence-electron chi connectivity index (χ0n) is 19.9. The van der Waals surface area contributed by atoms with Gasteiger partial charge in [-0.05, 0) is 91.8 Å². The molecule has 0 aromatic heterocycles. The summed E-state index contributed by atoms with van der Waals surface area (Å²) in [7, 11) is 0. The fraction of sp³-hybridized carbons (Fsp3) is 0.889. The summed E-state index contributed by atoms with van der Waals surface area (Å²) >= 11 is 0. The summed E-state index contributed by atoms with van der Waals surface area (Å²) in [5.41, 5.74) is 1.07. The number of aliphatic hydroxyl groups excluding tert-OH is 1. The monoisotopic (exact) mass is 427 g/mol. The first-order valence-corrected chi connectivity index (χ1v) is 12.9. The summed E-state index contributed by atoms with van der Waals surface area (Å²) in [5, 5.41) is 10.2. The van der Waals surface area contributed by atoms with E-state index in [2.05, 4.69) is 32.7 Å². The van der Waals surface area contributed by atoms with Crippen LogP contribution in [0.5, 0.6) is 0 Å². The third-order valence-corrected chi connectivity index (χ3v) is 10.9. The van der Waals surface area contributed by atoms with E-state index < -0.39 is 0 Å². The Balaban J connectivity index is 1.38. The van der Waals surface area contributed by atoms with Gasteiger partial charge in [0.15, 0.2) is 5.78 Å². The van der Waals surface area contributed by atoms with Crippen molar-refractivity contribution in [2.24, 2.45) is 57.2 Å². The van der Waals surface area contributed by atoms with Gasteiger partial charge in [-0.1, -0.05) is 27.7 Å². The van der Waals surface area contributed by atoms with Crippen LogP contribution in [0.15, 0.2) is 4.99 Å². The average molecular weight is 428 g/mol. The minimum atomic E-state index is -0.295. The van der Waals surface area contributed by atoms with Gasteiger partial charge in [-0.3, -0.25) is 14.6 Å². The van der Waals surface area contributed by atoms with Gasteiger partial charge >= 0.3 is 0 Å². The van der Waals surface area contributed by atoms with Gasteiger partial charge in [-0.15, -0.1) is 0 Å². The zero-order chi connectivity index (χ0) is 22.1. The molecule has 0 amide bonds. The maximum atomic E-state index is 13.3. The summed E-state index contributed by atoms with van der Waals surface area (Å²) in [6.07, 6.45) is 8.43. The maximum Gasteiger partial charge on any atom is 0.179 e. The predicted octanol–water partition coefficient (Wildman–Crippen LogP) is 4.87. The van der Waals surface area contributed by atoms with Crippen molar-refractivity contribution < 1.29 is 14.7 Å². The molecule has 10 atom stereocenters. The molecule has 4 nitrogen and oxygen atoms in total. The molecule has 5 rings (SSSR count). The summed E-state index contributed by atoms with van der Waals surface area (Å²) < 4.78 is 0. The number of aliphatic imine (C=N–C) groups is 1. The molecule has 1 aliphatic heterocycles. The van der Waals surface area contributed by atoms with Crippen molar-refractivity contribution in [2.45, 2.75) is 91.6 Å². The first kappa shape index (κ1) is 21.8. The average Bonchev–Trinajstić information content (AvgIpc) is 3.31. The SMILES string of the molecule is C[C@@H]1CN=C(C(=O)[C@@H](C)[C@H]2CC[C@@H]3[C@@H]4CC(=O)[C@H]5C[C@@H](O)CC[C@]5(C)[C@H]4CC[C@@]32C)C1. The van der Waals surface area contributed by atoms with E-state index in [9.17, 15) is 14.7 Å². The molecular weight excluding hydrogens is 386 g/mol. The molecule has 31 heavy (non-hydrogen) atoms. The molecule has 4 heteroatoms. The van der Waals surface area contributed by atoms with E-state index in [0.717, 1.165) is 37.9 Å². The third kappa shape index (κ3) is 3.21. The van der Waals surface area contributed by atoms with Gasteiger partial charge in [0.1, 0.15) is 5.78 Å². The molecule has 0 radical (unpaired) electrons. The van der Waals surface area contributed by atoms with Crippen molar-refractivity contribution in [1.82, 2.24) is 0 Å². The maximum absolute atomic E-state index is 13.3. The van der Waals surface area contributed by atoms with Crippen LogP contribution in [0.25, 0.3) is 0 Å². The lowest BCUT2D eigenvalue weighted by Gasteiger charge is -2.60. The predicted molar refractivity (Wildman–Crippen MR) is 122 cm³/mol. The van der Waals surface area contributed by atoms with Crippen LogP contribution in [0.4, 0.5) is 0 Å². The second-order valence-electron chi connectivity index (χ2n) is 12.5. The molecule has 0 spiro atoms. The van der Waals surface area contributed by atoms with Gasteiger partial charge in [-0.2, -0.15) is 0 Å². The lowest BCUT2D eigenvalue weighted by molar-refractivity contribution is -0.160. The van der Waals surface area contributed by atoms with Gasteiger partial charge in [0.05, 0.1) is 11.8 Å². The summed E-state index contributed by atoms with van der Waals surface area (Å²) in [6.45, 7) is 9.94. The van der Waals surface area contributed by atoms with Gasteiger partial charge in [0.2, 0.25) is 0 Å². The van der Waals surface area contributed by atoms with E-state index in [4.69, 9.17) is 0 Å². The fourth-order valence-corrected chi connectivity index (χ4v) is 9.23. The van der Waals surface area contributed by atoms with E-state index in [1.54, 1.807) is 0 Å². The number of carbonyl (C=O) groups is 2. The zero-order valence-corrected chi connectivity index (χ0v) is 19.9. The number of nitrogens with zero attached hydrogens (tertiary/aromatic N) is 1. The van der Waals surface area contributed by atoms with Crippen LogP contribution in [-0.4, -0.2) is 35.0 Å². The first-order chi connectivity index (χ1) is 14.6. The molecule has 0 saturated heterocycles. The van der Waals surface area contributed by atoms with Crippen LogP contribution < -0.4 is 0 Å². The normalized spacial score (nSPS) is 50.3. The number of Topliss-reactive ketones (excluding diaryl/α,β-unsaturated/α-hetero) is 2. The highest BCUT2D eigenvalue weighted by molar-refractivity contribution is 6.41. The van der Waals surface area contributed by atoms with Gasteiger partial charge in [0, 0.05) is 24.8 Å². The molecule has 1 heterocycles. The molecule has 0 aromatic rings. The smallest absolute Gasteiger partial charge is 0.179 e. The topological polar surface area (TPSA) is 66.7 Å². The Hall–Kier alpha value is -1.03. The van der Waals surface area contributed by atoms with E-state index >= 15 is 0 Å². The Kier molecular flexibility index (Phi) is 5.27. The van der Waals surface area contributed by atoms with Crippen LogP contribution in [0.3, 0.4) is 0 Å². The lowest BCUT2D eigenvalue weighted by Crippen LogP contribution is -2.57. The molecule has 0 unspecified atom stereocenters. The molecule has 4 aliphatic carbocycles. The second-order valence-corrected chi connectivity index (χ2v) is 12.5. The Morgan fingerprint density at radius 1 is 1.06 bits per heavy atom. The van der Waals surface area contributed by atoms with E-state index in [0.29, 0.717) is 54.0 Å². The van der Waals surface area contributed by atoms with E-state index in [-0.39, 0.29) is 28.8 Å². The number of rotatable bonds is 3. The van der Waals surface area contributed by atoms with Gasteiger partial charge in [-0.25, -0.2) is 0 Å². The Morgan fingerprint density at radius 2 is 1.77 bits per heavy atom. The quantitative estimate of drug-likeness (QED) is 0.699. The molecule has 172 valence electrons. The van der Waals surface area contributed by atoms with Crippen molar-refractivity contribution in [3.05, 3.63) is 0 Å². The Bertz CT molecular complexity index is 804. The van der Waals surface area contributed by atoms with Crippen LogP contribution in [0.2, 0.25) is 0 Å². The van der Waals surface area contributed by atoms with Crippen molar-refractivity contribution in [1.29, 1.82) is 0 Å². The number of aliphatic hydroxyl groups is 1. The standard InChI is InChI=1S/C27H41NO3/c1-15-11-23(28-14-15)25(31)16(2)19-5-6-20-18-13-24(30)22-12-17(29)7-9-27(22,4)21(18)8-10-26(19,20)3/h15-22,29H,5-14H2,1-4H3/t15-,16-,17-,18-,19+,20+,21-,22+,26+,27+/m0/s1. The van der Waals surface area contributed by atoms with Crippen molar-refractivity contribution >= 4 is 17.3 Å². The van der Waals surface area contributed by atoms with Crippen molar-refractivity contribution in [3.8, 4) is 0 Å². The molecular formula is C27H41NO3. The van der Waals surface area contributed by atoms with Crippen LogP contribution >= 0.6 is 0 Å². The van der Waals surface area contributed by atoms with Crippen LogP contribution in [-0.2, 0) is 9.59 Å². The van der Waals surface area contributed by atoms with Crippen LogP contribution in [0.1, 0.15) is 85.5 Å². The summed E-state index contributed by atoms with van der Waals surface area (Å²) in [5.74, 6) is 3.36. The first-order valence-electron chi connectivity index (χ1n) is 12.9. The highest BCUT2D eigenvalue weighted by Crippen LogP contribution is 2.67. The number of carbonyl (C=O) groups excluding carboxylic acids is 2. The molecule has 0 bridgehead atoms. The highest BCUT2D eigenvalue weighted by atomic mass is 16.3. The third-order valence-electron chi connectivity index (χ3n) is 10.9. The number of fused-ring (bicyclic) bond motifs is 5. The molecule has 5 aliphatic rings. The number of ketones is 2. The molecule has 0 aromatic carbocycles. The van der Waals surface area contributed by atoms with Gasteiger partial charge < -0.3 is 5.11 Å².